The van der Waals surface area contributed by atoms with Crippen LogP contribution < -0.4 is 4.74 Å². The van der Waals surface area contributed by atoms with E-state index in [0.717, 1.165) is 11.8 Å². The summed E-state index contributed by atoms with van der Waals surface area (Å²) in [5.74, 6) is -0.431. The number of rotatable bonds is 4. The van der Waals surface area contributed by atoms with Crippen molar-refractivity contribution in [2.45, 2.75) is 12.7 Å². The van der Waals surface area contributed by atoms with Crippen LogP contribution in [0.5, 0.6) is 5.88 Å². The second kappa shape index (κ2) is 6.05. The Balaban J connectivity index is 2.20. The number of nitrogens with zero attached hydrogens (tertiary/aromatic N) is 1. The van der Waals surface area contributed by atoms with E-state index in [1.165, 1.54) is 12.3 Å². The summed E-state index contributed by atoms with van der Waals surface area (Å²) in [6.07, 6.45) is 2.69. The second-order valence-electron chi connectivity index (χ2n) is 4.79. The number of aryl methyl sites for hydroxylation is 1. The van der Waals surface area contributed by atoms with Crippen molar-refractivity contribution in [1.82, 2.24) is 4.98 Å². The van der Waals surface area contributed by atoms with Crippen LogP contribution in [-0.4, -0.2) is 25.6 Å². The van der Waals surface area contributed by atoms with Crippen LogP contribution in [-0.2, 0) is 15.6 Å². The molecule has 1 heterocycles. The molecule has 0 radical (unpaired) electrons. The van der Waals surface area contributed by atoms with Crippen LogP contribution in [0, 0.1) is 6.92 Å². The quantitative estimate of drug-likeness (QED) is 0.809. The topological polar surface area (TPSA) is 73.3 Å². The number of benzene rings is 1. The molecule has 0 aliphatic heterocycles. The van der Waals surface area contributed by atoms with E-state index in [9.17, 15) is 13.2 Å². The van der Waals surface area contributed by atoms with Gasteiger partial charge in [-0.2, -0.15) is 0 Å². The standard InChI is InChI=1S/C15H15NO4S/c1-11-5-4-8-16-14(11)20-15(17)13-7-3-6-12(9-13)10-21(2,18)19/h3-9H,10H2,1-2H3. The molecule has 0 unspecified atom stereocenters. The van der Waals surface area contributed by atoms with Gasteiger partial charge in [0.15, 0.2) is 9.84 Å². The first-order chi connectivity index (χ1) is 9.85. The monoisotopic (exact) mass is 305 g/mol. The Morgan fingerprint density at radius 1 is 1.24 bits per heavy atom. The molecule has 0 atom stereocenters. The van der Waals surface area contributed by atoms with Gasteiger partial charge >= 0.3 is 5.97 Å². The molecular weight excluding hydrogens is 290 g/mol. The molecule has 2 aromatic rings. The molecule has 0 aliphatic rings. The van der Waals surface area contributed by atoms with Crippen molar-refractivity contribution in [2.24, 2.45) is 0 Å². The Morgan fingerprint density at radius 2 is 2.00 bits per heavy atom. The summed E-state index contributed by atoms with van der Waals surface area (Å²) in [6.45, 7) is 1.79. The number of sulfone groups is 1. The summed E-state index contributed by atoms with van der Waals surface area (Å²) < 4.78 is 27.8. The highest BCUT2D eigenvalue weighted by molar-refractivity contribution is 7.89. The largest absolute Gasteiger partial charge is 0.404 e. The SMILES string of the molecule is Cc1cccnc1OC(=O)c1cccc(CS(C)(=O)=O)c1. The molecule has 6 heteroatoms. The first-order valence-corrected chi connectivity index (χ1v) is 8.32. The van der Waals surface area contributed by atoms with E-state index in [0.29, 0.717) is 11.1 Å². The van der Waals surface area contributed by atoms with Gasteiger partial charge in [-0.3, -0.25) is 0 Å². The number of hydrogen-bond donors (Lipinski definition) is 0. The van der Waals surface area contributed by atoms with Crippen molar-refractivity contribution < 1.29 is 17.9 Å². The van der Waals surface area contributed by atoms with E-state index in [1.807, 2.05) is 0 Å². The fraction of sp³-hybridized carbons (Fsp3) is 0.200. The van der Waals surface area contributed by atoms with Gasteiger partial charge in [0.2, 0.25) is 5.88 Å². The lowest BCUT2D eigenvalue weighted by Gasteiger charge is -2.07. The lowest BCUT2D eigenvalue weighted by atomic mass is 10.1. The van der Waals surface area contributed by atoms with Crippen molar-refractivity contribution >= 4 is 15.8 Å². The van der Waals surface area contributed by atoms with Gasteiger partial charge in [0.05, 0.1) is 11.3 Å². The lowest BCUT2D eigenvalue weighted by molar-refractivity contribution is 0.0726. The normalized spacial score (nSPS) is 11.1. The van der Waals surface area contributed by atoms with Gasteiger partial charge in [-0.1, -0.05) is 18.2 Å². The number of aromatic nitrogens is 1. The Labute approximate surface area is 123 Å². The van der Waals surface area contributed by atoms with Crippen LogP contribution >= 0.6 is 0 Å². The van der Waals surface area contributed by atoms with Crippen LogP contribution in [0.25, 0.3) is 0 Å². The molecule has 0 fully saturated rings. The van der Waals surface area contributed by atoms with E-state index < -0.39 is 15.8 Å². The number of esters is 1. The maximum Gasteiger partial charge on any atom is 0.344 e. The third-order valence-electron chi connectivity index (χ3n) is 2.74. The molecule has 1 aromatic carbocycles. The molecule has 0 bridgehead atoms. The average Bonchev–Trinajstić information content (AvgIpc) is 2.39. The fourth-order valence-electron chi connectivity index (χ4n) is 1.82. The van der Waals surface area contributed by atoms with E-state index in [4.69, 9.17) is 4.74 Å². The van der Waals surface area contributed by atoms with Gasteiger partial charge in [-0.15, -0.1) is 0 Å². The third kappa shape index (κ3) is 4.39. The van der Waals surface area contributed by atoms with E-state index in [-0.39, 0.29) is 11.6 Å². The van der Waals surface area contributed by atoms with Crippen molar-refractivity contribution in [3.8, 4) is 5.88 Å². The Morgan fingerprint density at radius 3 is 2.67 bits per heavy atom. The fourth-order valence-corrected chi connectivity index (χ4v) is 2.60. The highest BCUT2D eigenvalue weighted by atomic mass is 32.2. The zero-order valence-electron chi connectivity index (χ0n) is 11.7. The molecular formula is C15H15NO4S. The van der Waals surface area contributed by atoms with Crippen molar-refractivity contribution in [3.63, 3.8) is 0 Å². The molecule has 1 aromatic heterocycles. The van der Waals surface area contributed by atoms with Gasteiger partial charge in [-0.05, 0) is 30.7 Å². The zero-order chi connectivity index (χ0) is 15.5. The predicted molar refractivity (Wildman–Crippen MR) is 78.9 cm³/mol. The third-order valence-corrected chi connectivity index (χ3v) is 3.60. The molecule has 0 N–H and O–H groups in total. The highest BCUT2D eigenvalue weighted by Crippen LogP contribution is 2.15. The minimum Gasteiger partial charge on any atom is -0.404 e. The predicted octanol–water partition coefficient (Wildman–Crippen LogP) is 2.15. The Kier molecular flexibility index (Phi) is 4.37. The van der Waals surface area contributed by atoms with Gasteiger partial charge in [-0.25, -0.2) is 18.2 Å². The summed E-state index contributed by atoms with van der Waals surface area (Å²) in [4.78, 5) is 16.1. The van der Waals surface area contributed by atoms with Crippen LogP contribution in [0.15, 0.2) is 42.6 Å². The molecule has 110 valence electrons. The maximum atomic E-state index is 12.1. The van der Waals surface area contributed by atoms with Crippen molar-refractivity contribution in [3.05, 3.63) is 59.3 Å². The van der Waals surface area contributed by atoms with Crippen LogP contribution in [0.3, 0.4) is 0 Å². The van der Waals surface area contributed by atoms with Crippen LogP contribution in [0.4, 0.5) is 0 Å². The van der Waals surface area contributed by atoms with Crippen LogP contribution in [0.1, 0.15) is 21.5 Å². The van der Waals surface area contributed by atoms with E-state index >= 15 is 0 Å². The summed E-state index contributed by atoms with van der Waals surface area (Å²) >= 11 is 0. The summed E-state index contributed by atoms with van der Waals surface area (Å²) in [5.41, 5.74) is 1.59. The minimum atomic E-state index is -3.15. The second-order valence-corrected chi connectivity index (χ2v) is 6.93. The summed E-state index contributed by atoms with van der Waals surface area (Å²) in [5, 5.41) is 0. The summed E-state index contributed by atoms with van der Waals surface area (Å²) in [7, 11) is -3.15. The molecule has 0 saturated carbocycles. The van der Waals surface area contributed by atoms with Crippen LogP contribution in [0.2, 0.25) is 0 Å². The molecule has 0 aliphatic carbocycles. The van der Waals surface area contributed by atoms with Gasteiger partial charge < -0.3 is 4.74 Å². The molecule has 21 heavy (non-hydrogen) atoms. The van der Waals surface area contributed by atoms with E-state index in [1.54, 1.807) is 37.3 Å². The first-order valence-electron chi connectivity index (χ1n) is 6.25. The maximum absolute atomic E-state index is 12.1. The number of ether oxygens (including phenoxy) is 1. The van der Waals surface area contributed by atoms with Gasteiger partial charge in [0.25, 0.3) is 0 Å². The number of pyridine rings is 1. The number of hydrogen-bond acceptors (Lipinski definition) is 5. The summed E-state index contributed by atoms with van der Waals surface area (Å²) in [6, 6.07) is 9.91. The Hall–Kier alpha value is -2.21. The highest BCUT2D eigenvalue weighted by Gasteiger charge is 2.13. The molecule has 0 saturated heterocycles. The average molecular weight is 305 g/mol. The number of carbonyl (C=O) groups excluding carboxylic acids is 1. The molecule has 0 amide bonds. The molecule has 2 rings (SSSR count). The number of carbonyl (C=O) groups is 1. The molecule has 0 spiro atoms. The van der Waals surface area contributed by atoms with Gasteiger partial charge in [0.1, 0.15) is 0 Å². The minimum absolute atomic E-state index is 0.114. The van der Waals surface area contributed by atoms with Crippen molar-refractivity contribution in [2.75, 3.05) is 6.26 Å². The molecule has 5 nitrogen and oxygen atoms in total. The lowest BCUT2D eigenvalue weighted by Crippen LogP contribution is -2.11. The van der Waals surface area contributed by atoms with Gasteiger partial charge in [0, 0.05) is 18.0 Å². The first kappa shape index (κ1) is 15.2. The van der Waals surface area contributed by atoms with E-state index in [2.05, 4.69) is 4.98 Å². The smallest absolute Gasteiger partial charge is 0.344 e. The van der Waals surface area contributed by atoms with Crippen molar-refractivity contribution in [1.29, 1.82) is 0 Å². The zero-order valence-corrected chi connectivity index (χ0v) is 12.6. The Bertz CT molecular complexity index is 769.